The van der Waals surface area contributed by atoms with Crippen LogP contribution in [0.3, 0.4) is 0 Å². The van der Waals surface area contributed by atoms with Gasteiger partial charge in [0.15, 0.2) is 0 Å². The molecule has 0 fully saturated rings. The van der Waals surface area contributed by atoms with Crippen LogP contribution in [0.2, 0.25) is 0 Å². The van der Waals surface area contributed by atoms with Crippen LogP contribution in [-0.2, 0) is 19.8 Å². The first-order valence-corrected chi connectivity index (χ1v) is 6.03. The van der Waals surface area contributed by atoms with E-state index in [4.69, 9.17) is 15.6 Å². The maximum Gasteiger partial charge on any atom is 0.127 e. The molecule has 0 bridgehead atoms. The van der Waals surface area contributed by atoms with Crippen LogP contribution in [0, 0.1) is 5.82 Å². The smallest absolute Gasteiger partial charge is 0.127 e. The number of hydrogen-bond acceptors (Lipinski definition) is 3. The van der Waals surface area contributed by atoms with Crippen LogP contribution in [0.25, 0.3) is 0 Å². The molecule has 0 atom stereocenters. The summed E-state index contributed by atoms with van der Waals surface area (Å²) >= 11 is 0. The molecule has 0 heterocycles. The molecule has 0 aromatic heterocycles. The van der Waals surface area contributed by atoms with Gasteiger partial charge in [0.2, 0.25) is 0 Å². The van der Waals surface area contributed by atoms with Gasteiger partial charge in [0, 0.05) is 12.1 Å². The van der Waals surface area contributed by atoms with E-state index in [1.54, 1.807) is 18.2 Å². The lowest BCUT2D eigenvalue weighted by Gasteiger charge is -2.09. The van der Waals surface area contributed by atoms with E-state index in [1.807, 2.05) is 18.2 Å². The highest BCUT2D eigenvalue weighted by molar-refractivity contribution is 5.29. The lowest BCUT2D eigenvalue weighted by Crippen LogP contribution is -2.03. The van der Waals surface area contributed by atoms with Crippen molar-refractivity contribution in [2.24, 2.45) is 5.73 Å². The molecule has 0 aliphatic carbocycles. The van der Waals surface area contributed by atoms with Crippen LogP contribution in [0.5, 0.6) is 5.75 Å². The van der Waals surface area contributed by atoms with E-state index in [0.717, 1.165) is 11.1 Å². The van der Waals surface area contributed by atoms with Crippen LogP contribution in [0.15, 0.2) is 42.5 Å². The average Bonchev–Trinajstić information content (AvgIpc) is 2.46. The van der Waals surface area contributed by atoms with Gasteiger partial charge in [-0.05, 0) is 35.4 Å². The third kappa shape index (κ3) is 3.53. The summed E-state index contributed by atoms with van der Waals surface area (Å²) in [6.45, 7) is 0.479. The molecular weight excluding hydrogens is 245 g/mol. The molecule has 100 valence electrons. The Labute approximate surface area is 111 Å². The fourth-order valence-corrected chi connectivity index (χ4v) is 1.77. The Morgan fingerprint density at radius 1 is 1.11 bits per heavy atom. The average molecular weight is 261 g/mol. The van der Waals surface area contributed by atoms with E-state index in [1.165, 1.54) is 6.07 Å². The number of halogens is 1. The standard InChI is InChI=1S/C15H16FNO2/c16-15-5-4-12(6-13(15)8-17)10-19-14-3-1-2-11(7-14)9-18/h1-7,18H,8-10,17H2. The molecule has 4 heteroatoms. The quantitative estimate of drug-likeness (QED) is 0.868. The minimum Gasteiger partial charge on any atom is -0.489 e. The molecule has 0 aliphatic rings. The number of ether oxygens (including phenoxy) is 1. The third-order valence-corrected chi connectivity index (χ3v) is 2.82. The summed E-state index contributed by atoms with van der Waals surface area (Å²) in [7, 11) is 0. The summed E-state index contributed by atoms with van der Waals surface area (Å²) in [6, 6.07) is 12.0. The lowest BCUT2D eigenvalue weighted by atomic mass is 10.1. The van der Waals surface area contributed by atoms with E-state index in [-0.39, 0.29) is 19.0 Å². The first kappa shape index (κ1) is 13.5. The topological polar surface area (TPSA) is 55.5 Å². The van der Waals surface area contributed by atoms with Crippen molar-refractivity contribution in [3.05, 3.63) is 65.0 Å². The molecule has 2 aromatic rings. The van der Waals surface area contributed by atoms with Gasteiger partial charge in [-0.15, -0.1) is 0 Å². The fourth-order valence-electron chi connectivity index (χ4n) is 1.77. The number of aliphatic hydroxyl groups is 1. The molecule has 3 N–H and O–H groups in total. The third-order valence-electron chi connectivity index (χ3n) is 2.82. The van der Waals surface area contributed by atoms with Gasteiger partial charge in [-0.1, -0.05) is 18.2 Å². The number of benzene rings is 2. The van der Waals surface area contributed by atoms with Crippen molar-refractivity contribution < 1.29 is 14.2 Å². The molecular formula is C15H16FNO2. The van der Waals surface area contributed by atoms with Crippen LogP contribution in [-0.4, -0.2) is 5.11 Å². The summed E-state index contributed by atoms with van der Waals surface area (Å²) in [5, 5.41) is 9.04. The molecule has 2 aromatic carbocycles. The van der Waals surface area contributed by atoms with Crippen molar-refractivity contribution in [2.75, 3.05) is 0 Å². The molecule has 0 saturated carbocycles. The number of aliphatic hydroxyl groups excluding tert-OH is 1. The molecule has 0 aliphatic heterocycles. The Balaban J connectivity index is 2.05. The van der Waals surface area contributed by atoms with Crippen molar-refractivity contribution in [1.29, 1.82) is 0 Å². The predicted octanol–water partition coefficient (Wildman–Crippen LogP) is 2.36. The van der Waals surface area contributed by atoms with Crippen molar-refractivity contribution >= 4 is 0 Å². The fraction of sp³-hybridized carbons (Fsp3) is 0.200. The normalized spacial score (nSPS) is 10.5. The summed E-state index contributed by atoms with van der Waals surface area (Å²) in [4.78, 5) is 0. The highest BCUT2D eigenvalue weighted by Gasteiger charge is 2.03. The van der Waals surface area contributed by atoms with Crippen molar-refractivity contribution in [2.45, 2.75) is 19.8 Å². The second-order valence-electron chi connectivity index (χ2n) is 4.22. The summed E-state index contributed by atoms with van der Waals surface area (Å²) in [5.41, 5.74) is 7.58. The van der Waals surface area contributed by atoms with Gasteiger partial charge in [-0.3, -0.25) is 0 Å². The summed E-state index contributed by atoms with van der Waals surface area (Å²) in [5.74, 6) is 0.374. The molecule has 2 rings (SSSR count). The molecule has 0 amide bonds. The minimum atomic E-state index is -0.298. The highest BCUT2D eigenvalue weighted by atomic mass is 19.1. The van der Waals surface area contributed by atoms with Gasteiger partial charge in [-0.25, -0.2) is 4.39 Å². The lowest BCUT2D eigenvalue weighted by molar-refractivity contribution is 0.278. The largest absolute Gasteiger partial charge is 0.489 e. The van der Waals surface area contributed by atoms with Crippen LogP contribution in [0.4, 0.5) is 4.39 Å². The Kier molecular flexibility index (Phi) is 4.49. The van der Waals surface area contributed by atoms with Gasteiger partial charge in [0.1, 0.15) is 18.2 Å². The molecule has 0 unspecified atom stereocenters. The van der Waals surface area contributed by atoms with E-state index in [0.29, 0.717) is 17.9 Å². The first-order chi connectivity index (χ1) is 9.22. The zero-order chi connectivity index (χ0) is 13.7. The Hall–Kier alpha value is -1.91. The SMILES string of the molecule is NCc1cc(COc2cccc(CO)c2)ccc1F. The van der Waals surface area contributed by atoms with E-state index in [2.05, 4.69) is 0 Å². The Bertz CT molecular complexity index is 558. The van der Waals surface area contributed by atoms with E-state index in [9.17, 15) is 4.39 Å². The van der Waals surface area contributed by atoms with Crippen molar-refractivity contribution in [3.8, 4) is 5.75 Å². The number of nitrogens with two attached hydrogens (primary N) is 1. The van der Waals surface area contributed by atoms with E-state index < -0.39 is 0 Å². The Morgan fingerprint density at radius 2 is 1.95 bits per heavy atom. The summed E-state index contributed by atoms with van der Waals surface area (Å²) < 4.78 is 18.9. The zero-order valence-corrected chi connectivity index (χ0v) is 10.5. The van der Waals surface area contributed by atoms with Gasteiger partial charge in [-0.2, -0.15) is 0 Å². The van der Waals surface area contributed by atoms with Gasteiger partial charge in [0.25, 0.3) is 0 Å². The maximum absolute atomic E-state index is 13.3. The van der Waals surface area contributed by atoms with Gasteiger partial charge < -0.3 is 15.6 Å². The summed E-state index contributed by atoms with van der Waals surface area (Å²) in [6.07, 6.45) is 0. The highest BCUT2D eigenvalue weighted by Crippen LogP contribution is 2.16. The van der Waals surface area contributed by atoms with Crippen LogP contribution in [0.1, 0.15) is 16.7 Å². The second kappa shape index (κ2) is 6.31. The monoisotopic (exact) mass is 261 g/mol. The first-order valence-electron chi connectivity index (χ1n) is 6.03. The van der Waals surface area contributed by atoms with E-state index >= 15 is 0 Å². The van der Waals surface area contributed by atoms with Crippen LogP contribution >= 0.6 is 0 Å². The minimum absolute atomic E-state index is 0.0227. The van der Waals surface area contributed by atoms with Crippen molar-refractivity contribution in [3.63, 3.8) is 0 Å². The molecule has 0 radical (unpaired) electrons. The molecule has 19 heavy (non-hydrogen) atoms. The zero-order valence-electron chi connectivity index (χ0n) is 10.5. The van der Waals surface area contributed by atoms with Crippen molar-refractivity contribution in [1.82, 2.24) is 0 Å². The predicted molar refractivity (Wildman–Crippen MR) is 71.0 cm³/mol. The maximum atomic E-state index is 13.3. The molecule has 3 nitrogen and oxygen atoms in total. The number of rotatable bonds is 5. The van der Waals surface area contributed by atoms with Gasteiger partial charge in [0.05, 0.1) is 6.61 Å². The molecule has 0 saturated heterocycles. The second-order valence-corrected chi connectivity index (χ2v) is 4.22. The molecule has 0 spiro atoms. The van der Waals surface area contributed by atoms with Crippen LogP contribution < -0.4 is 10.5 Å². The number of hydrogen-bond donors (Lipinski definition) is 2. The van der Waals surface area contributed by atoms with Gasteiger partial charge >= 0.3 is 0 Å². The Morgan fingerprint density at radius 3 is 2.68 bits per heavy atom.